The molecule has 1 fully saturated rings. The normalized spacial score (nSPS) is 30.6. The fourth-order valence-electron chi connectivity index (χ4n) is 0.931. The van der Waals surface area contributed by atoms with Gasteiger partial charge >= 0.3 is 0 Å². The van der Waals surface area contributed by atoms with E-state index < -0.39 is 10.8 Å². The summed E-state index contributed by atoms with van der Waals surface area (Å²) in [4.78, 5) is 21.6. The van der Waals surface area contributed by atoms with Crippen molar-refractivity contribution in [2.45, 2.75) is 10.8 Å². The summed E-state index contributed by atoms with van der Waals surface area (Å²) in [6.07, 6.45) is 2.24. The maximum atomic E-state index is 11.2. The first-order valence-corrected chi connectivity index (χ1v) is 4.65. The first-order valence-electron chi connectivity index (χ1n) is 3.38. The highest BCUT2D eigenvalue weighted by Gasteiger charge is 2.39. The van der Waals surface area contributed by atoms with Crippen LogP contribution in [0.2, 0.25) is 0 Å². The SMILES string of the molecule is C=CCN1SC(Cl)C(=O)C1C=O. The van der Waals surface area contributed by atoms with E-state index in [0.717, 1.165) is 0 Å². The van der Waals surface area contributed by atoms with E-state index in [0.29, 0.717) is 12.8 Å². The fourth-order valence-corrected chi connectivity index (χ4v) is 2.32. The summed E-state index contributed by atoms with van der Waals surface area (Å²) in [6.45, 7) is 4.01. The van der Waals surface area contributed by atoms with Crippen LogP contribution in [-0.2, 0) is 9.59 Å². The highest BCUT2D eigenvalue weighted by molar-refractivity contribution is 8.00. The first-order chi connectivity index (χ1) is 5.70. The number of hydrogen-bond acceptors (Lipinski definition) is 4. The average Bonchev–Trinajstić information content (AvgIpc) is 2.29. The van der Waals surface area contributed by atoms with Gasteiger partial charge in [-0.15, -0.1) is 18.2 Å². The minimum Gasteiger partial charge on any atom is -0.301 e. The summed E-state index contributed by atoms with van der Waals surface area (Å²) in [6, 6.07) is -0.699. The molecule has 0 spiro atoms. The zero-order valence-electron chi connectivity index (χ0n) is 6.27. The van der Waals surface area contributed by atoms with E-state index >= 15 is 0 Å². The Morgan fingerprint density at radius 2 is 2.42 bits per heavy atom. The van der Waals surface area contributed by atoms with Crippen LogP contribution in [0.5, 0.6) is 0 Å². The topological polar surface area (TPSA) is 37.4 Å². The Bertz CT molecular complexity index is 221. The van der Waals surface area contributed by atoms with E-state index in [1.165, 1.54) is 11.9 Å². The number of rotatable bonds is 3. The van der Waals surface area contributed by atoms with Crippen molar-refractivity contribution in [2.75, 3.05) is 6.54 Å². The Morgan fingerprint density at radius 1 is 1.75 bits per heavy atom. The van der Waals surface area contributed by atoms with Gasteiger partial charge in [-0.25, -0.2) is 4.31 Å². The molecule has 0 aromatic rings. The molecule has 1 saturated heterocycles. The molecule has 0 bridgehead atoms. The van der Waals surface area contributed by atoms with Crippen LogP contribution in [0.3, 0.4) is 0 Å². The molecule has 66 valence electrons. The molecule has 5 heteroatoms. The van der Waals surface area contributed by atoms with Gasteiger partial charge < -0.3 is 4.79 Å². The van der Waals surface area contributed by atoms with Crippen molar-refractivity contribution in [3.8, 4) is 0 Å². The van der Waals surface area contributed by atoms with Crippen LogP contribution in [0.25, 0.3) is 0 Å². The van der Waals surface area contributed by atoms with E-state index in [9.17, 15) is 9.59 Å². The molecule has 0 aromatic carbocycles. The molecule has 2 unspecified atom stereocenters. The summed E-state index contributed by atoms with van der Waals surface area (Å²) in [5.41, 5.74) is 0. The van der Waals surface area contributed by atoms with Gasteiger partial charge in [0, 0.05) is 6.54 Å². The molecule has 3 nitrogen and oxygen atoms in total. The fraction of sp³-hybridized carbons (Fsp3) is 0.429. The van der Waals surface area contributed by atoms with Crippen LogP contribution in [0.15, 0.2) is 12.7 Å². The van der Waals surface area contributed by atoms with Crippen molar-refractivity contribution in [1.82, 2.24) is 4.31 Å². The lowest BCUT2D eigenvalue weighted by atomic mass is 10.2. The number of hydrogen-bond donors (Lipinski definition) is 0. The van der Waals surface area contributed by atoms with Crippen LogP contribution in [0, 0.1) is 0 Å². The van der Waals surface area contributed by atoms with E-state index in [2.05, 4.69) is 6.58 Å². The lowest BCUT2D eigenvalue weighted by Crippen LogP contribution is -2.32. The summed E-state index contributed by atoms with van der Waals surface area (Å²) >= 11 is 6.82. The van der Waals surface area contributed by atoms with Crippen molar-refractivity contribution >= 4 is 35.6 Å². The van der Waals surface area contributed by atoms with Crippen molar-refractivity contribution in [3.63, 3.8) is 0 Å². The number of alkyl halides is 1. The average molecular weight is 206 g/mol. The minimum atomic E-state index is -0.699. The Labute approximate surface area is 79.9 Å². The number of carbonyl (C=O) groups is 2. The zero-order chi connectivity index (χ0) is 9.14. The number of nitrogens with zero attached hydrogens (tertiary/aromatic N) is 1. The van der Waals surface area contributed by atoms with E-state index in [1.54, 1.807) is 10.4 Å². The Hall–Kier alpha value is -0.320. The molecule has 1 heterocycles. The standard InChI is InChI=1S/C7H8ClNO2S/c1-2-3-9-5(4-10)6(11)7(8)12-9/h2,4-5,7H,1,3H2. The van der Waals surface area contributed by atoms with Gasteiger partial charge in [0.1, 0.15) is 12.3 Å². The largest absolute Gasteiger partial charge is 0.301 e. The van der Waals surface area contributed by atoms with Crippen LogP contribution in [0.1, 0.15) is 0 Å². The summed E-state index contributed by atoms with van der Waals surface area (Å²) in [7, 11) is 0. The second-order valence-electron chi connectivity index (χ2n) is 2.29. The van der Waals surface area contributed by atoms with Gasteiger partial charge in [-0.1, -0.05) is 6.08 Å². The maximum Gasteiger partial charge on any atom is 0.187 e. The van der Waals surface area contributed by atoms with Gasteiger partial charge in [-0.2, -0.15) is 0 Å². The molecule has 0 saturated carbocycles. The lowest BCUT2D eigenvalue weighted by Gasteiger charge is -2.13. The summed E-state index contributed by atoms with van der Waals surface area (Å²) in [5, 5.41) is 0. The van der Waals surface area contributed by atoms with Crippen molar-refractivity contribution in [2.24, 2.45) is 0 Å². The first kappa shape index (κ1) is 9.77. The molecule has 1 aliphatic heterocycles. The Balaban J connectivity index is 2.70. The Morgan fingerprint density at radius 3 is 2.92 bits per heavy atom. The van der Waals surface area contributed by atoms with Crippen molar-refractivity contribution in [1.29, 1.82) is 0 Å². The minimum absolute atomic E-state index is 0.237. The van der Waals surface area contributed by atoms with Gasteiger partial charge in [-0.3, -0.25) is 4.79 Å². The van der Waals surface area contributed by atoms with E-state index in [1.807, 2.05) is 0 Å². The smallest absolute Gasteiger partial charge is 0.187 e. The maximum absolute atomic E-state index is 11.2. The van der Waals surface area contributed by atoms with Gasteiger partial charge in [0.25, 0.3) is 0 Å². The van der Waals surface area contributed by atoms with Gasteiger partial charge in [0.15, 0.2) is 10.5 Å². The summed E-state index contributed by atoms with van der Waals surface area (Å²) < 4.78 is 1.00. The van der Waals surface area contributed by atoms with Crippen molar-refractivity contribution < 1.29 is 9.59 Å². The molecule has 12 heavy (non-hydrogen) atoms. The number of Topliss-reactive ketones (excluding diaryl/α,β-unsaturated/α-hetero) is 1. The molecule has 1 rings (SSSR count). The zero-order valence-corrected chi connectivity index (χ0v) is 7.85. The number of aldehydes is 1. The quantitative estimate of drug-likeness (QED) is 0.225. The summed E-state index contributed by atoms with van der Waals surface area (Å²) in [5.74, 6) is -0.237. The molecular weight excluding hydrogens is 198 g/mol. The Kier molecular flexibility index (Phi) is 3.31. The molecule has 0 aliphatic carbocycles. The van der Waals surface area contributed by atoms with E-state index in [4.69, 9.17) is 11.6 Å². The molecule has 0 aromatic heterocycles. The van der Waals surface area contributed by atoms with Crippen LogP contribution in [0.4, 0.5) is 0 Å². The van der Waals surface area contributed by atoms with Crippen LogP contribution in [-0.4, -0.2) is 33.7 Å². The number of carbonyl (C=O) groups excluding carboxylic acids is 2. The third-order valence-electron chi connectivity index (χ3n) is 1.49. The van der Waals surface area contributed by atoms with Gasteiger partial charge in [0.05, 0.1) is 0 Å². The van der Waals surface area contributed by atoms with Crippen molar-refractivity contribution in [3.05, 3.63) is 12.7 Å². The second kappa shape index (κ2) is 4.07. The molecule has 2 atom stereocenters. The monoisotopic (exact) mass is 205 g/mol. The van der Waals surface area contributed by atoms with Gasteiger partial charge in [-0.05, 0) is 11.9 Å². The van der Waals surface area contributed by atoms with Gasteiger partial charge in [0.2, 0.25) is 0 Å². The third-order valence-corrected chi connectivity index (χ3v) is 3.01. The second-order valence-corrected chi connectivity index (χ2v) is 4.14. The van der Waals surface area contributed by atoms with Crippen LogP contribution < -0.4 is 0 Å². The predicted molar refractivity (Wildman–Crippen MR) is 49.0 cm³/mol. The molecular formula is C7H8ClNO2S. The highest BCUT2D eigenvalue weighted by Crippen LogP contribution is 2.32. The molecule has 0 radical (unpaired) electrons. The molecule has 0 amide bonds. The van der Waals surface area contributed by atoms with E-state index in [-0.39, 0.29) is 5.78 Å². The molecule has 1 aliphatic rings. The van der Waals surface area contributed by atoms with Crippen LogP contribution >= 0.6 is 23.5 Å². The molecule has 0 N–H and O–H groups in total. The highest BCUT2D eigenvalue weighted by atomic mass is 35.5. The predicted octanol–water partition coefficient (Wildman–Crippen LogP) is 0.838. The third kappa shape index (κ3) is 1.71. The number of halogens is 1. The number of ketones is 1. The lowest BCUT2D eigenvalue weighted by molar-refractivity contribution is -0.124.